The Morgan fingerprint density at radius 3 is 1.57 bits per heavy atom. The van der Waals surface area contributed by atoms with Crippen molar-refractivity contribution in [1.29, 1.82) is 0 Å². The summed E-state index contributed by atoms with van der Waals surface area (Å²) >= 11 is 1.67. The maximum absolute atomic E-state index is 5.23. The zero-order chi connectivity index (χ0) is 15.6. The van der Waals surface area contributed by atoms with Gasteiger partial charge in [-0.1, -0.05) is 49.0 Å². The summed E-state index contributed by atoms with van der Waals surface area (Å²) < 4.78 is 5.23. The second kappa shape index (κ2) is 7.11. The lowest BCUT2D eigenvalue weighted by Gasteiger charge is -2.12. The first-order chi connectivity index (χ1) is 9.00. The Bertz CT molecular complexity index is 496. The zero-order valence-corrected chi connectivity index (χ0v) is 14.4. The maximum Gasteiger partial charge on any atom is 0.221 e. The number of aryl methyl sites for hydroxylation is 2. The van der Waals surface area contributed by atoms with Crippen molar-refractivity contribution in [2.24, 2.45) is 0 Å². The molecular weight excluding hydrogens is 284 g/mol. The van der Waals surface area contributed by atoms with Gasteiger partial charge in [0.2, 0.25) is 11.8 Å². The highest BCUT2D eigenvalue weighted by Crippen LogP contribution is 2.24. The van der Waals surface area contributed by atoms with Crippen LogP contribution in [0.4, 0.5) is 0 Å². The predicted molar refractivity (Wildman–Crippen MR) is 87.8 cm³/mol. The first-order valence-electron chi connectivity index (χ1n) is 6.61. The zero-order valence-electron chi connectivity index (χ0n) is 13.6. The lowest BCUT2D eigenvalue weighted by molar-refractivity contribution is 0.380. The van der Waals surface area contributed by atoms with Crippen LogP contribution in [0, 0.1) is 13.8 Å². The van der Waals surface area contributed by atoms with E-state index in [2.05, 4.69) is 41.2 Å². The average molecular weight is 312 g/mol. The molecule has 0 aliphatic carbocycles. The molecular formula is C15H28N4OS. The van der Waals surface area contributed by atoms with Gasteiger partial charge in [0.25, 0.3) is 0 Å². The molecule has 0 aromatic carbocycles. The van der Waals surface area contributed by atoms with Crippen LogP contribution < -0.4 is 0 Å². The fourth-order valence-electron chi connectivity index (χ4n) is 1.20. The van der Waals surface area contributed by atoms with Crippen LogP contribution in [0.2, 0.25) is 0 Å². The summed E-state index contributed by atoms with van der Waals surface area (Å²) in [5, 5.41) is 17.8. The summed E-state index contributed by atoms with van der Waals surface area (Å²) in [6.45, 7) is 16.3. The highest BCUT2D eigenvalue weighted by Gasteiger charge is 2.20. The molecule has 0 spiro atoms. The second-order valence-corrected chi connectivity index (χ2v) is 7.93. The molecule has 0 saturated carbocycles. The minimum Gasteiger partial charge on any atom is -0.425 e. The number of rotatable bonds is 0. The number of hydrogen-bond donors (Lipinski definition) is 0. The Hall–Kier alpha value is -1.30. The van der Waals surface area contributed by atoms with Gasteiger partial charge in [0, 0.05) is 17.8 Å². The standard InChI is InChI=1S/C7H12N2O.C7H12N2S.CH4/c2*1-5-8-9-6(10-5)7(2,3)4;/h2*1-4H3;1H4. The van der Waals surface area contributed by atoms with E-state index in [0.717, 1.165) is 10.0 Å². The minimum absolute atomic E-state index is 0. The lowest BCUT2D eigenvalue weighted by atomic mass is 9.97. The van der Waals surface area contributed by atoms with E-state index in [1.807, 2.05) is 27.7 Å². The third kappa shape index (κ3) is 6.33. The SMILES string of the molecule is C.Cc1nnc(C(C)(C)C)o1.Cc1nnc(C(C)(C)C)s1. The van der Waals surface area contributed by atoms with E-state index in [-0.39, 0.29) is 18.3 Å². The quantitative estimate of drug-likeness (QED) is 0.718. The first-order valence-corrected chi connectivity index (χ1v) is 7.43. The summed E-state index contributed by atoms with van der Waals surface area (Å²) in [6, 6.07) is 0. The highest BCUT2D eigenvalue weighted by atomic mass is 32.1. The summed E-state index contributed by atoms with van der Waals surface area (Å²) in [4.78, 5) is 0. The van der Waals surface area contributed by atoms with Gasteiger partial charge < -0.3 is 4.42 Å². The largest absolute Gasteiger partial charge is 0.425 e. The molecule has 2 aromatic rings. The van der Waals surface area contributed by atoms with Crippen LogP contribution in [-0.4, -0.2) is 20.4 Å². The van der Waals surface area contributed by atoms with Crippen molar-refractivity contribution in [2.75, 3.05) is 0 Å². The van der Waals surface area contributed by atoms with Gasteiger partial charge in [-0.2, -0.15) is 0 Å². The van der Waals surface area contributed by atoms with Crippen molar-refractivity contribution < 1.29 is 4.42 Å². The van der Waals surface area contributed by atoms with Gasteiger partial charge in [-0.05, 0) is 6.92 Å². The third-order valence-corrected chi connectivity index (χ3v) is 3.60. The number of nitrogens with zero attached hydrogens (tertiary/aromatic N) is 4. The van der Waals surface area contributed by atoms with Crippen molar-refractivity contribution in [3.63, 3.8) is 0 Å². The van der Waals surface area contributed by atoms with Gasteiger partial charge in [0.05, 0.1) is 0 Å². The average Bonchev–Trinajstić information content (AvgIpc) is 2.85. The van der Waals surface area contributed by atoms with E-state index in [0.29, 0.717) is 11.8 Å². The van der Waals surface area contributed by atoms with Gasteiger partial charge in [0.15, 0.2) is 0 Å². The van der Waals surface area contributed by atoms with Crippen molar-refractivity contribution in [2.45, 2.75) is 73.6 Å². The van der Waals surface area contributed by atoms with Gasteiger partial charge in [-0.3, -0.25) is 0 Å². The molecule has 0 fully saturated rings. The topological polar surface area (TPSA) is 64.7 Å². The molecule has 2 rings (SSSR count). The van der Waals surface area contributed by atoms with Crippen LogP contribution in [0.15, 0.2) is 4.42 Å². The number of aromatic nitrogens is 4. The van der Waals surface area contributed by atoms with Gasteiger partial charge in [-0.15, -0.1) is 31.7 Å². The van der Waals surface area contributed by atoms with E-state index < -0.39 is 0 Å². The van der Waals surface area contributed by atoms with E-state index >= 15 is 0 Å². The molecule has 0 N–H and O–H groups in total. The highest BCUT2D eigenvalue weighted by molar-refractivity contribution is 7.11. The smallest absolute Gasteiger partial charge is 0.221 e. The summed E-state index contributed by atoms with van der Waals surface area (Å²) in [6.07, 6.45) is 0. The van der Waals surface area contributed by atoms with Crippen molar-refractivity contribution in [1.82, 2.24) is 20.4 Å². The van der Waals surface area contributed by atoms with Crippen molar-refractivity contribution in [3.05, 3.63) is 21.8 Å². The maximum atomic E-state index is 5.23. The lowest BCUT2D eigenvalue weighted by Crippen LogP contribution is -2.11. The van der Waals surface area contributed by atoms with Crippen LogP contribution >= 0.6 is 11.3 Å². The molecule has 0 atom stereocenters. The predicted octanol–water partition coefficient (Wildman–Crippen LogP) is 4.46. The fourth-order valence-corrected chi connectivity index (χ4v) is 1.95. The van der Waals surface area contributed by atoms with Crippen LogP contribution in [0.5, 0.6) is 0 Å². The minimum atomic E-state index is -0.0265. The molecule has 0 unspecified atom stereocenters. The molecule has 120 valence electrons. The van der Waals surface area contributed by atoms with E-state index in [1.165, 1.54) is 0 Å². The molecule has 0 saturated heterocycles. The van der Waals surface area contributed by atoms with Gasteiger partial charge in [-0.25, -0.2) is 0 Å². The van der Waals surface area contributed by atoms with Crippen molar-refractivity contribution in [3.8, 4) is 0 Å². The van der Waals surface area contributed by atoms with Crippen LogP contribution in [0.1, 0.15) is 70.8 Å². The van der Waals surface area contributed by atoms with Crippen LogP contribution in [0.25, 0.3) is 0 Å². The molecule has 0 amide bonds. The summed E-state index contributed by atoms with van der Waals surface area (Å²) in [5.74, 6) is 1.33. The Kier molecular flexibility index (Phi) is 6.67. The monoisotopic (exact) mass is 312 g/mol. The molecule has 2 heterocycles. The van der Waals surface area contributed by atoms with E-state index in [9.17, 15) is 0 Å². The summed E-state index contributed by atoms with van der Waals surface area (Å²) in [7, 11) is 0. The second-order valence-electron chi connectivity index (χ2n) is 6.75. The third-order valence-electron chi connectivity index (χ3n) is 2.34. The fraction of sp³-hybridized carbons (Fsp3) is 0.733. The van der Waals surface area contributed by atoms with Crippen LogP contribution in [0.3, 0.4) is 0 Å². The number of hydrogen-bond acceptors (Lipinski definition) is 6. The Morgan fingerprint density at radius 2 is 1.38 bits per heavy atom. The normalized spacial score (nSPS) is 11.4. The molecule has 6 heteroatoms. The molecule has 0 bridgehead atoms. The Balaban J connectivity index is 0.000000364. The van der Waals surface area contributed by atoms with Crippen LogP contribution in [-0.2, 0) is 10.8 Å². The molecule has 0 aliphatic rings. The first kappa shape index (κ1) is 19.7. The Labute approximate surface area is 132 Å². The molecule has 0 aliphatic heterocycles. The van der Waals surface area contributed by atoms with E-state index in [4.69, 9.17) is 4.42 Å². The van der Waals surface area contributed by atoms with Gasteiger partial charge >= 0.3 is 0 Å². The molecule has 21 heavy (non-hydrogen) atoms. The molecule has 5 nitrogen and oxygen atoms in total. The summed E-state index contributed by atoms with van der Waals surface area (Å²) in [5.41, 5.74) is 0.132. The van der Waals surface area contributed by atoms with Gasteiger partial charge in [0.1, 0.15) is 10.0 Å². The van der Waals surface area contributed by atoms with E-state index in [1.54, 1.807) is 18.3 Å². The molecule has 0 radical (unpaired) electrons. The molecule has 2 aromatic heterocycles. The van der Waals surface area contributed by atoms with Crippen molar-refractivity contribution >= 4 is 11.3 Å². The Morgan fingerprint density at radius 1 is 0.810 bits per heavy atom.